The van der Waals surface area contributed by atoms with E-state index < -0.39 is 17.8 Å². The fourth-order valence-corrected chi connectivity index (χ4v) is 4.93. The number of nitrogens with one attached hydrogen (secondary N) is 2. The monoisotopic (exact) mass is 493 g/mol. The SMILES string of the molecule is Cc1ccc(N(C(=O)CNC(=O)c2cccs2)[C@H](C(=O)NC2CCCC2)c2ccc(F)cc2)cc1. The molecule has 3 amide bonds. The van der Waals surface area contributed by atoms with Crippen molar-refractivity contribution in [1.29, 1.82) is 0 Å². The third-order valence-corrected chi connectivity index (χ3v) is 6.99. The number of hydrogen-bond acceptors (Lipinski definition) is 4. The Bertz CT molecular complexity index is 1160. The molecule has 182 valence electrons. The summed E-state index contributed by atoms with van der Waals surface area (Å²) in [7, 11) is 0. The highest BCUT2D eigenvalue weighted by Gasteiger charge is 2.34. The highest BCUT2D eigenvalue weighted by Crippen LogP contribution is 2.30. The Labute approximate surface area is 208 Å². The molecule has 8 heteroatoms. The Morgan fingerprint density at radius 2 is 1.71 bits per heavy atom. The number of aryl methyl sites for hydroxylation is 1. The maximum Gasteiger partial charge on any atom is 0.261 e. The summed E-state index contributed by atoms with van der Waals surface area (Å²) in [4.78, 5) is 41.5. The molecule has 1 saturated carbocycles. The van der Waals surface area contributed by atoms with Crippen LogP contribution in [0.3, 0.4) is 0 Å². The Morgan fingerprint density at radius 3 is 2.34 bits per heavy atom. The fourth-order valence-electron chi connectivity index (χ4n) is 4.29. The molecule has 3 aromatic rings. The van der Waals surface area contributed by atoms with Crippen LogP contribution >= 0.6 is 11.3 Å². The van der Waals surface area contributed by atoms with Gasteiger partial charge in [-0.1, -0.05) is 48.7 Å². The minimum Gasteiger partial charge on any atom is -0.351 e. The number of nitrogens with zero attached hydrogens (tertiary/aromatic N) is 1. The smallest absolute Gasteiger partial charge is 0.261 e. The highest BCUT2D eigenvalue weighted by molar-refractivity contribution is 7.12. The van der Waals surface area contributed by atoms with E-state index in [0.29, 0.717) is 16.1 Å². The number of carbonyl (C=O) groups excluding carboxylic acids is 3. The summed E-state index contributed by atoms with van der Waals surface area (Å²) in [6.07, 6.45) is 3.86. The van der Waals surface area contributed by atoms with E-state index in [1.165, 1.54) is 40.5 Å². The van der Waals surface area contributed by atoms with Crippen molar-refractivity contribution in [1.82, 2.24) is 10.6 Å². The first-order chi connectivity index (χ1) is 16.9. The Hall–Kier alpha value is -3.52. The molecule has 1 heterocycles. The van der Waals surface area contributed by atoms with Crippen molar-refractivity contribution >= 4 is 34.7 Å². The predicted molar refractivity (Wildman–Crippen MR) is 135 cm³/mol. The number of halogens is 1. The first-order valence-electron chi connectivity index (χ1n) is 11.7. The summed E-state index contributed by atoms with van der Waals surface area (Å²) < 4.78 is 13.7. The standard InChI is InChI=1S/C27H28FN3O3S/c1-18-8-14-22(15-9-18)31(24(32)17-29-26(33)23-7-4-16-35-23)25(19-10-12-20(28)13-11-19)27(34)30-21-5-2-3-6-21/h4,7-16,21,25H,2-3,5-6,17H2,1H3,(H,29,33)(H,30,34)/t25-/m0/s1. The summed E-state index contributed by atoms with van der Waals surface area (Å²) >= 11 is 1.28. The van der Waals surface area contributed by atoms with Crippen molar-refractivity contribution in [3.63, 3.8) is 0 Å². The van der Waals surface area contributed by atoms with Crippen molar-refractivity contribution < 1.29 is 18.8 Å². The molecule has 0 spiro atoms. The Morgan fingerprint density at radius 1 is 1.03 bits per heavy atom. The lowest BCUT2D eigenvalue weighted by molar-refractivity contribution is -0.126. The fraction of sp³-hybridized carbons (Fsp3) is 0.296. The van der Waals surface area contributed by atoms with Crippen LogP contribution in [0.5, 0.6) is 0 Å². The molecule has 4 rings (SSSR count). The van der Waals surface area contributed by atoms with E-state index in [0.717, 1.165) is 31.2 Å². The molecule has 0 unspecified atom stereocenters. The molecule has 1 aliphatic rings. The largest absolute Gasteiger partial charge is 0.351 e. The average molecular weight is 494 g/mol. The van der Waals surface area contributed by atoms with Crippen LogP contribution in [-0.4, -0.2) is 30.3 Å². The zero-order valence-electron chi connectivity index (χ0n) is 19.5. The zero-order chi connectivity index (χ0) is 24.8. The topological polar surface area (TPSA) is 78.5 Å². The van der Waals surface area contributed by atoms with E-state index in [2.05, 4.69) is 10.6 Å². The van der Waals surface area contributed by atoms with E-state index in [9.17, 15) is 18.8 Å². The summed E-state index contributed by atoms with van der Waals surface area (Å²) in [6, 6.07) is 15.3. The lowest BCUT2D eigenvalue weighted by atomic mass is 10.0. The molecule has 1 fully saturated rings. The number of thiophene rings is 1. The van der Waals surface area contributed by atoms with Crippen molar-refractivity contribution in [3.05, 3.63) is 87.9 Å². The molecule has 1 aliphatic carbocycles. The summed E-state index contributed by atoms with van der Waals surface area (Å²) in [6.45, 7) is 1.64. The van der Waals surface area contributed by atoms with Crippen LogP contribution in [0.4, 0.5) is 10.1 Å². The van der Waals surface area contributed by atoms with Gasteiger partial charge in [-0.05, 0) is 61.0 Å². The van der Waals surface area contributed by atoms with Crippen molar-refractivity contribution in [2.24, 2.45) is 0 Å². The quantitative estimate of drug-likeness (QED) is 0.475. The summed E-state index contributed by atoms with van der Waals surface area (Å²) in [5.74, 6) is -1.57. The lowest BCUT2D eigenvalue weighted by Crippen LogP contribution is -2.49. The maximum absolute atomic E-state index is 13.7. The van der Waals surface area contributed by atoms with Crippen LogP contribution in [0, 0.1) is 12.7 Å². The highest BCUT2D eigenvalue weighted by atomic mass is 32.1. The normalized spacial score (nSPS) is 14.3. The molecule has 35 heavy (non-hydrogen) atoms. The summed E-state index contributed by atoms with van der Waals surface area (Å²) in [5, 5.41) is 7.53. The minimum absolute atomic E-state index is 0.0407. The average Bonchev–Trinajstić information content (AvgIpc) is 3.57. The van der Waals surface area contributed by atoms with E-state index in [1.807, 2.05) is 19.1 Å². The van der Waals surface area contributed by atoms with Gasteiger partial charge < -0.3 is 10.6 Å². The van der Waals surface area contributed by atoms with Gasteiger partial charge in [0, 0.05) is 11.7 Å². The van der Waals surface area contributed by atoms with Gasteiger partial charge in [0.05, 0.1) is 11.4 Å². The van der Waals surface area contributed by atoms with Crippen LogP contribution in [0.25, 0.3) is 0 Å². The number of amides is 3. The Balaban J connectivity index is 1.67. The number of anilines is 1. The minimum atomic E-state index is -1.02. The number of benzene rings is 2. The second-order valence-electron chi connectivity index (χ2n) is 8.70. The molecule has 1 atom stereocenters. The zero-order valence-corrected chi connectivity index (χ0v) is 20.3. The molecule has 0 radical (unpaired) electrons. The van der Waals surface area contributed by atoms with Crippen LogP contribution in [-0.2, 0) is 9.59 Å². The lowest BCUT2D eigenvalue weighted by Gasteiger charge is -2.32. The van der Waals surface area contributed by atoms with Gasteiger partial charge in [-0.15, -0.1) is 11.3 Å². The second-order valence-corrected chi connectivity index (χ2v) is 9.65. The van der Waals surface area contributed by atoms with E-state index >= 15 is 0 Å². The third-order valence-electron chi connectivity index (χ3n) is 6.12. The number of hydrogen-bond donors (Lipinski definition) is 2. The molecular formula is C27H28FN3O3S. The van der Waals surface area contributed by atoms with Crippen molar-refractivity contribution in [2.75, 3.05) is 11.4 Å². The van der Waals surface area contributed by atoms with Gasteiger partial charge in [-0.2, -0.15) is 0 Å². The van der Waals surface area contributed by atoms with Crippen LogP contribution < -0.4 is 15.5 Å². The first kappa shape index (κ1) is 24.6. The van der Waals surface area contributed by atoms with Gasteiger partial charge in [-0.3, -0.25) is 19.3 Å². The van der Waals surface area contributed by atoms with E-state index in [1.54, 1.807) is 29.6 Å². The third kappa shape index (κ3) is 6.14. The molecule has 0 bridgehead atoms. The van der Waals surface area contributed by atoms with Gasteiger partial charge in [0.25, 0.3) is 5.91 Å². The molecular weight excluding hydrogens is 465 g/mol. The molecule has 6 nitrogen and oxygen atoms in total. The van der Waals surface area contributed by atoms with E-state index in [-0.39, 0.29) is 24.4 Å². The van der Waals surface area contributed by atoms with Crippen LogP contribution in [0.15, 0.2) is 66.0 Å². The van der Waals surface area contributed by atoms with Gasteiger partial charge >= 0.3 is 0 Å². The number of carbonyl (C=O) groups is 3. The van der Waals surface area contributed by atoms with Crippen LogP contribution in [0.1, 0.15) is 52.5 Å². The second kappa shape index (κ2) is 11.3. The van der Waals surface area contributed by atoms with Crippen molar-refractivity contribution in [3.8, 4) is 0 Å². The molecule has 2 N–H and O–H groups in total. The first-order valence-corrected chi connectivity index (χ1v) is 12.6. The van der Waals surface area contributed by atoms with Gasteiger partial charge in [-0.25, -0.2) is 4.39 Å². The van der Waals surface area contributed by atoms with Gasteiger partial charge in [0.15, 0.2) is 0 Å². The Kier molecular flexibility index (Phi) is 7.92. The molecule has 2 aromatic carbocycles. The number of rotatable bonds is 8. The van der Waals surface area contributed by atoms with Crippen LogP contribution in [0.2, 0.25) is 0 Å². The predicted octanol–water partition coefficient (Wildman–Crippen LogP) is 4.76. The van der Waals surface area contributed by atoms with Crippen molar-refractivity contribution in [2.45, 2.75) is 44.7 Å². The summed E-state index contributed by atoms with van der Waals surface area (Å²) in [5.41, 5.74) is 2.00. The molecule has 0 aliphatic heterocycles. The molecule has 0 saturated heterocycles. The maximum atomic E-state index is 13.7. The van der Waals surface area contributed by atoms with E-state index in [4.69, 9.17) is 0 Å². The van der Waals surface area contributed by atoms with Gasteiger partial charge in [0.1, 0.15) is 11.9 Å². The molecule has 1 aromatic heterocycles. The van der Waals surface area contributed by atoms with Gasteiger partial charge in [0.2, 0.25) is 11.8 Å².